The third-order valence-electron chi connectivity index (χ3n) is 5.90. The molecule has 2 heterocycles. The number of methoxy groups -OCH3 is 1. The van der Waals surface area contributed by atoms with Gasteiger partial charge in [-0.1, -0.05) is 30.2 Å². The van der Waals surface area contributed by atoms with Crippen LogP contribution in [0.2, 0.25) is 0 Å². The molecule has 1 amide bonds. The van der Waals surface area contributed by atoms with E-state index in [1.807, 2.05) is 30.5 Å². The standard InChI is InChI=1S/C25H29N3O4S2/c1-18-6-12-23(32-2)21(16-18)22-17-33-25(26-22)27-24(29)13-9-19-7-10-20(11-8-19)34(30,31)28-14-4-3-5-15-28/h6-8,10-12,16-17H,3-5,9,13-15H2,1-2H3,(H,26,27,29). The molecule has 9 heteroatoms. The van der Waals surface area contributed by atoms with E-state index in [0.29, 0.717) is 29.5 Å². The second-order valence-corrected chi connectivity index (χ2v) is 11.2. The van der Waals surface area contributed by atoms with E-state index in [1.54, 1.807) is 35.7 Å². The molecule has 0 spiro atoms. The first-order valence-electron chi connectivity index (χ1n) is 11.4. The van der Waals surface area contributed by atoms with E-state index in [9.17, 15) is 13.2 Å². The lowest BCUT2D eigenvalue weighted by Gasteiger charge is -2.25. The molecule has 0 aliphatic carbocycles. The van der Waals surface area contributed by atoms with Crippen LogP contribution in [0.4, 0.5) is 5.13 Å². The third-order valence-corrected chi connectivity index (χ3v) is 8.57. The maximum atomic E-state index is 12.8. The lowest BCUT2D eigenvalue weighted by atomic mass is 10.1. The van der Waals surface area contributed by atoms with Crippen molar-refractivity contribution in [1.82, 2.24) is 9.29 Å². The van der Waals surface area contributed by atoms with Crippen LogP contribution in [0.3, 0.4) is 0 Å². The third kappa shape index (κ3) is 5.65. The van der Waals surface area contributed by atoms with Gasteiger partial charge in [0, 0.05) is 30.5 Å². The molecule has 180 valence electrons. The maximum Gasteiger partial charge on any atom is 0.243 e. The molecule has 2 aromatic carbocycles. The van der Waals surface area contributed by atoms with Gasteiger partial charge in [-0.2, -0.15) is 4.31 Å². The number of benzene rings is 2. The van der Waals surface area contributed by atoms with Crippen molar-refractivity contribution in [2.75, 3.05) is 25.5 Å². The Bertz CT molecular complexity index is 1250. The van der Waals surface area contributed by atoms with Gasteiger partial charge in [-0.25, -0.2) is 13.4 Å². The van der Waals surface area contributed by atoms with Gasteiger partial charge < -0.3 is 10.1 Å². The first-order chi connectivity index (χ1) is 16.4. The topological polar surface area (TPSA) is 88.6 Å². The van der Waals surface area contributed by atoms with E-state index in [4.69, 9.17) is 4.74 Å². The van der Waals surface area contributed by atoms with E-state index in [0.717, 1.165) is 47.4 Å². The Labute approximate surface area is 204 Å². The number of aryl methyl sites for hydroxylation is 2. The maximum absolute atomic E-state index is 12.8. The number of carbonyl (C=O) groups excluding carboxylic acids is 1. The van der Waals surface area contributed by atoms with Crippen molar-refractivity contribution in [3.63, 3.8) is 0 Å². The number of hydrogen-bond donors (Lipinski definition) is 1. The van der Waals surface area contributed by atoms with Gasteiger partial charge >= 0.3 is 0 Å². The summed E-state index contributed by atoms with van der Waals surface area (Å²) in [7, 11) is -1.82. The molecule has 1 aliphatic heterocycles. The number of nitrogens with one attached hydrogen (secondary N) is 1. The summed E-state index contributed by atoms with van der Waals surface area (Å²) in [4.78, 5) is 17.3. The quantitative estimate of drug-likeness (QED) is 0.478. The van der Waals surface area contributed by atoms with E-state index >= 15 is 0 Å². The number of ether oxygens (including phenoxy) is 1. The highest BCUT2D eigenvalue weighted by Crippen LogP contribution is 2.33. The molecule has 0 unspecified atom stereocenters. The predicted octanol–water partition coefficient (Wildman–Crippen LogP) is 4.87. The molecule has 7 nitrogen and oxygen atoms in total. The van der Waals surface area contributed by atoms with E-state index < -0.39 is 10.0 Å². The van der Waals surface area contributed by atoms with E-state index in [2.05, 4.69) is 10.3 Å². The summed E-state index contributed by atoms with van der Waals surface area (Å²) in [5.41, 5.74) is 3.66. The average Bonchev–Trinajstić information content (AvgIpc) is 3.31. The summed E-state index contributed by atoms with van der Waals surface area (Å²) in [6.07, 6.45) is 3.69. The molecule has 3 aromatic rings. The molecular formula is C25H29N3O4S2. The summed E-state index contributed by atoms with van der Waals surface area (Å²) in [5, 5.41) is 5.29. The summed E-state index contributed by atoms with van der Waals surface area (Å²) < 4.78 is 32.6. The van der Waals surface area contributed by atoms with Gasteiger partial charge in [-0.05, 0) is 56.0 Å². The van der Waals surface area contributed by atoms with Crippen LogP contribution in [-0.4, -0.2) is 43.8 Å². The van der Waals surface area contributed by atoms with Crippen LogP contribution in [0.25, 0.3) is 11.3 Å². The average molecular weight is 500 g/mol. The first-order valence-corrected chi connectivity index (χ1v) is 13.7. The number of aromatic nitrogens is 1. The molecule has 0 saturated carbocycles. The number of sulfonamides is 1. The zero-order valence-electron chi connectivity index (χ0n) is 19.4. The second-order valence-electron chi connectivity index (χ2n) is 8.40. The predicted molar refractivity (Wildman–Crippen MR) is 135 cm³/mol. The van der Waals surface area contributed by atoms with Crippen LogP contribution in [-0.2, 0) is 21.2 Å². The Hall–Kier alpha value is -2.75. The van der Waals surface area contributed by atoms with Gasteiger partial charge in [0.2, 0.25) is 15.9 Å². The molecule has 0 radical (unpaired) electrons. The van der Waals surface area contributed by atoms with Gasteiger partial charge in [-0.15, -0.1) is 11.3 Å². The Morgan fingerprint density at radius 2 is 1.85 bits per heavy atom. The summed E-state index contributed by atoms with van der Waals surface area (Å²) >= 11 is 1.37. The first kappa shape index (κ1) is 24.4. The number of nitrogens with zero attached hydrogens (tertiary/aromatic N) is 2. The van der Waals surface area contributed by atoms with Crippen LogP contribution in [0.15, 0.2) is 52.7 Å². The van der Waals surface area contributed by atoms with Gasteiger partial charge in [0.25, 0.3) is 0 Å². The minimum absolute atomic E-state index is 0.137. The molecule has 1 aromatic heterocycles. The molecule has 34 heavy (non-hydrogen) atoms. The Balaban J connectivity index is 1.34. The summed E-state index contributed by atoms with van der Waals surface area (Å²) in [5.74, 6) is 0.599. The largest absolute Gasteiger partial charge is 0.496 e. The fourth-order valence-corrected chi connectivity index (χ4v) is 6.24. The highest BCUT2D eigenvalue weighted by Gasteiger charge is 2.25. The van der Waals surface area contributed by atoms with Crippen molar-refractivity contribution in [1.29, 1.82) is 0 Å². The van der Waals surface area contributed by atoms with Gasteiger partial charge in [-0.3, -0.25) is 4.79 Å². The highest BCUT2D eigenvalue weighted by atomic mass is 32.2. The van der Waals surface area contributed by atoms with E-state index in [1.165, 1.54) is 11.3 Å². The molecule has 1 aliphatic rings. The van der Waals surface area contributed by atoms with Crippen LogP contribution in [0, 0.1) is 6.92 Å². The number of hydrogen-bond acceptors (Lipinski definition) is 6. The monoisotopic (exact) mass is 499 g/mol. The molecule has 1 saturated heterocycles. The van der Waals surface area contributed by atoms with Crippen LogP contribution >= 0.6 is 11.3 Å². The van der Waals surface area contributed by atoms with Crippen LogP contribution in [0.5, 0.6) is 5.75 Å². The van der Waals surface area contributed by atoms with Gasteiger partial charge in [0.1, 0.15) is 5.75 Å². The zero-order valence-corrected chi connectivity index (χ0v) is 21.0. The molecular weight excluding hydrogens is 470 g/mol. The number of amides is 1. The summed E-state index contributed by atoms with van der Waals surface area (Å²) in [6.45, 7) is 3.17. The summed E-state index contributed by atoms with van der Waals surface area (Å²) in [6, 6.07) is 12.7. The Morgan fingerprint density at radius 3 is 2.56 bits per heavy atom. The van der Waals surface area contributed by atoms with E-state index in [-0.39, 0.29) is 12.3 Å². The number of carbonyl (C=O) groups is 1. The number of anilines is 1. The van der Waals surface area contributed by atoms with Crippen molar-refractivity contribution < 1.29 is 17.9 Å². The number of rotatable bonds is 8. The van der Waals surface area contributed by atoms with Crippen molar-refractivity contribution in [3.8, 4) is 17.0 Å². The molecule has 0 atom stereocenters. The number of thiazole rings is 1. The normalized spacial score (nSPS) is 14.6. The molecule has 0 bridgehead atoms. The highest BCUT2D eigenvalue weighted by molar-refractivity contribution is 7.89. The smallest absolute Gasteiger partial charge is 0.243 e. The van der Waals surface area contributed by atoms with Crippen molar-refractivity contribution in [3.05, 3.63) is 59.0 Å². The fraction of sp³-hybridized carbons (Fsp3) is 0.360. The van der Waals surface area contributed by atoms with Crippen LogP contribution < -0.4 is 10.1 Å². The molecule has 4 rings (SSSR count). The number of piperidine rings is 1. The minimum Gasteiger partial charge on any atom is -0.496 e. The Kier molecular flexibility index (Phi) is 7.65. The second kappa shape index (κ2) is 10.7. The lowest BCUT2D eigenvalue weighted by molar-refractivity contribution is -0.116. The van der Waals surface area contributed by atoms with Gasteiger partial charge in [0.05, 0.1) is 17.7 Å². The molecule has 1 N–H and O–H groups in total. The zero-order chi connectivity index (χ0) is 24.1. The Morgan fingerprint density at radius 1 is 1.12 bits per heavy atom. The lowest BCUT2D eigenvalue weighted by Crippen LogP contribution is -2.35. The van der Waals surface area contributed by atoms with Crippen molar-refractivity contribution in [2.24, 2.45) is 0 Å². The minimum atomic E-state index is -3.44. The fourth-order valence-electron chi connectivity index (χ4n) is 4.00. The van der Waals surface area contributed by atoms with Crippen LogP contribution in [0.1, 0.15) is 36.8 Å². The SMILES string of the molecule is COc1ccc(C)cc1-c1csc(NC(=O)CCc2ccc(S(=O)(=O)N3CCCCC3)cc2)n1. The van der Waals surface area contributed by atoms with Crippen molar-refractivity contribution in [2.45, 2.75) is 43.9 Å². The molecule has 1 fully saturated rings. The van der Waals surface area contributed by atoms with Crippen molar-refractivity contribution >= 4 is 32.4 Å². The van der Waals surface area contributed by atoms with Gasteiger partial charge in [0.15, 0.2) is 5.13 Å².